The molecule has 2 aliphatic heterocycles. The predicted octanol–water partition coefficient (Wildman–Crippen LogP) is 2.12. The van der Waals surface area contributed by atoms with Crippen molar-refractivity contribution in [2.24, 2.45) is 13.0 Å². The van der Waals surface area contributed by atoms with E-state index >= 15 is 0 Å². The summed E-state index contributed by atoms with van der Waals surface area (Å²) in [5.41, 5.74) is 3.32. The molecule has 1 amide bonds. The highest BCUT2D eigenvalue weighted by Gasteiger charge is 2.31. The van der Waals surface area contributed by atoms with Gasteiger partial charge in [0.05, 0.1) is 23.9 Å². The second-order valence-corrected chi connectivity index (χ2v) is 8.82. The van der Waals surface area contributed by atoms with Gasteiger partial charge in [0.1, 0.15) is 0 Å². The molecule has 0 saturated carbocycles. The molecule has 7 heteroatoms. The molecule has 0 radical (unpaired) electrons. The monoisotopic (exact) mass is 410 g/mol. The third kappa shape index (κ3) is 5.26. The fraction of sp³-hybridized carbons (Fsp3) is 0.609. The van der Waals surface area contributed by atoms with E-state index in [1.807, 2.05) is 43.2 Å². The number of nitrogens with one attached hydrogen (secondary N) is 1. The summed E-state index contributed by atoms with van der Waals surface area (Å²) in [5.74, 6) is 0.286. The Morgan fingerprint density at radius 3 is 2.77 bits per heavy atom. The van der Waals surface area contributed by atoms with E-state index in [2.05, 4.69) is 31.3 Å². The van der Waals surface area contributed by atoms with Crippen LogP contribution in [0.15, 0.2) is 30.6 Å². The molecule has 7 nitrogen and oxygen atoms in total. The summed E-state index contributed by atoms with van der Waals surface area (Å²) in [4.78, 5) is 22.1. The van der Waals surface area contributed by atoms with E-state index in [1.54, 1.807) is 0 Å². The second kappa shape index (κ2) is 9.71. The number of likely N-dealkylation sites (tertiary alicyclic amines) is 2. The van der Waals surface area contributed by atoms with Crippen LogP contribution < -0.4 is 5.32 Å². The smallest absolute Gasteiger partial charge is 0.224 e. The van der Waals surface area contributed by atoms with Crippen LogP contribution in [0.4, 0.5) is 0 Å². The Hall–Kier alpha value is -2.25. The van der Waals surface area contributed by atoms with E-state index in [0.717, 1.165) is 57.0 Å². The zero-order chi connectivity index (χ0) is 20.9. The summed E-state index contributed by atoms with van der Waals surface area (Å²) in [6, 6.07) is 6.80. The number of amides is 1. The highest BCUT2D eigenvalue weighted by atomic mass is 16.1. The Bertz CT molecular complexity index is 827. The first-order valence-corrected chi connectivity index (χ1v) is 11.2. The van der Waals surface area contributed by atoms with Gasteiger partial charge in [0.25, 0.3) is 0 Å². The number of aromatic nitrogens is 3. The van der Waals surface area contributed by atoms with Gasteiger partial charge in [0, 0.05) is 38.6 Å². The normalized spacial score (nSPS) is 21.6. The van der Waals surface area contributed by atoms with Crippen molar-refractivity contribution in [2.75, 3.05) is 26.2 Å². The Morgan fingerprint density at radius 2 is 2.07 bits per heavy atom. The minimum absolute atomic E-state index is 0.0986. The highest BCUT2D eigenvalue weighted by molar-refractivity contribution is 5.78. The lowest BCUT2D eigenvalue weighted by Crippen LogP contribution is -2.50. The maximum absolute atomic E-state index is 12.8. The molecule has 2 aliphatic rings. The summed E-state index contributed by atoms with van der Waals surface area (Å²) in [5, 5.41) is 7.50. The molecule has 2 saturated heterocycles. The first-order valence-electron chi connectivity index (χ1n) is 11.2. The number of carbonyl (C=O) groups excluding carboxylic acids is 1. The number of aryl methyl sites for hydroxylation is 2. The first-order chi connectivity index (χ1) is 14.6. The van der Waals surface area contributed by atoms with Gasteiger partial charge in [-0.2, -0.15) is 5.10 Å². The molecule has 0 spiro atoms. The number of nitrogens with zero attached hydrogens (tertiary/aromatic N) is 5. The quantitative estimate of drug-likeness (QED) is 0.790. The predicted molar refractivity (Wildman–Crippen MR) is 117 cm³/mol. The zero-order valence-electron chi connectivity index (χ0n) is 18.3. The van der Waals surface area contributed by atoms with Crippen molar-refractivity contribution < 1.29 is 4.79 Å². The van der Waals surface area contributed by atoms with Crippen molar-refractivity contribution in [3.05, 3.63) is 47.5 Å². The van der Waals surface area contributed by atoms with Crippen LogP contribution in [-0.4, -0.2) is 62.7 Å². The van der Waals surface area contributed by atoms with Crippen LogP contribution in [0.3, 0.4) is 0 Å². The van der Waals surface area contributed by atoms with Crippen LogP contribution >= 0.6 is 0 Å². The van der Waals surface area contributed by atoms with Gasteiger partial charge >= 0.3 is 0 Å². The van der Waals surface area contributed by atoms with Crippen LogP contribution in [0.5, 0.6) is 0 Å². The molecule has 2 aromatic rings. The summed E-state index contributed by atoms with van der Waals surface area (Å²) >= 11 is 0. The van der Waals surface area contributed by atoms with Gasteiger partial charge in [0.15, 0.2) is 0 Å². The maximum atomic E-state index is 12.8. The van der Waals surface area contributed by atoms with Crippen LogP contribution in [0.1, 0.15) is 42.6 Å². The minimum Gasteiger partial charge on any atom is -0.350 e. The third-order valence-electron chi connectivity index (χ3n) is 6.57. The van der Waals surface area contributed by atoms with E-state index in [0.29, 0.717) is 12.6 Å². The van der Waals surface area contributed by atoms with E-state index in [4.69, 9.17) is 0 Å². The van der Waals surface area contributed by atoms with Gasteiger partial charge < -0.3 is 5.32 Å². The van der Waals surface area contributed by atoms with E-state index in [1.165, 1.54) is 18.4 Å². The molecule has 1 unspecified atom stereocenters. The molecule has 4 rings (SSSR count). The summed E-state index contributed by atoms with van der Waals surface area (Å²) in [6.45, 7) is 7.77. The molecule has 2 aromatic heterocycles. The lowest BCUT2D eigenvalue weighted by atomic mass is 9.93. The van der Waals surface area contributed by atoms with Gasteiger partial charge in [0.2, 0.25) is 5.91 Å². The summed E-state index contributed by atoms with van der Waals surface area (Å²) < 4.78 is 1.85. The molecule has 0 aromatic carbocycles. The lowest BCUT2D eigenvalue weighted by Gasteiger charge is -2.42. The standard InChI is InChI=1S/C23H34N6O/c1-18-13-22(27(2)26-18)15-25-23(30)20-6-4-10-29(17-20)21-7-11-28(12-8-21)16-19-5-3-9-24-14-19/h3,5,9,13-14,20-21H,4,6-8,10-12,15-17H2,1-2H3,(H,25,30). The van der Waals surface area contributed by atoms with Crippen LogP contribution in [0.25, 0.3) is 0 Å². The number of hydrogen-bond acceptors (Lipinski definition) is 5. The Morgan fingerprint density at radius 1 is 1.23 bits per heavy atom. The SMILES string of the molecule is Cc1cc(CNC(=O)C2CCCN(C3CCN(Cc4cccnc4)CC3)C2)n(C)n1. The molecule has 1 atom stereocenters. The average Bonchev–Trinajstić information content (AvgIpc) is 3.10. The Balaban J connectivity index is 1.24. The molecule has 162 valence electrons. The molecule has 30 heavy (non-hydrogen) atoms. The Labute approximate surface area is 179 Å². The van der Waals surface area contributed by atoms with E-state index in [9.17, 15) is 4.79 Å². The van der Waals surface area contributed by atoms with Crippen LogP contribution in [0.2, 0.25) is 0 Å². The summed E-state index contributed by atoms with van der Waals surface area (Å²) in [7, 11) is 1.93. The number of hydrogen-bond donors (Lipinski definition) is 1. The summed E-state index contributed by atoms with van der Waals surface area (Å²) in [6.07, 6.45) is 8.26. The molecule has 1 N–H and O–H groups in total. The van der Waals surface area contributed by atoms with Gasteiger partial charge in [-0.1, -0.05) is 6.07 Å². The van der Waals surface area contributed by atoms with Crippen molar-refractivity contribution >= 4 is 5.91 Å². The van der Waals surface area contributed by atoms with Crippen LogP contribution in [0, 0.1) is 12.8 Å². The van der Waals surface area contributed by atoms with Crippen molar-refractivity contribution in [2.45, 2.75) is 51.7 Å². The lowest BCUT2D eigenvalue weighted by molar-refractivity contribution is -0.127. The molecule has 0 bridgehead atoms. The molecular formula is C23H34N6O. The number of carbonyl (C=O) groups is 1. The van der Waals surface area contributed by atoms with Crippen molar-refractivity contribution in [1.29, 1.82) is 0 Å². The Kier molecular flexibility index (Phi) is 6.79. The molecule has 2 fully saturated rings. The number of pyridine rings is 1. The van der Waals surface area contributed by atoms with Crippen molar-refractivity contribution in [3.8, 4) is 0 Å². The highest BCUT2D eigenvalue weighted by Crippen LogP contribution is 2.24. The topological polar surface area (TPSA) is 66.3 Å². The van der Waals surface area contributed by atoms with Gasteiger partial charge in [-0.05, 0) is 69.9 Å². The van der Waals surface area contributed by atoms with Gasteiger partial charge in [-0.15, -0.1) is 0 Å². The van der Waals surface area contributed by atoms with Crippen molar-refractivity contribution in [3.63, 3.8) is 0 Å². The van der Waals surface area contributed by atoms with Gasteiger partial charge in [-0.25, -0.2) is 0 Å². The molecule has 4 heterocycles. The fourth-order valence-electron chi connectivity index (χ4n) is 4.90. The number of rotatable bonds is 6. The largest absolute Gasteiger partial charge is 0.350 e. The third-order valence-corrected chi connectivity index (χ3v) is 6.57. The minimum atomic E-state index is 0.0986. The zero-order valence-corrected chi connectivity index (χ0v) is 18.3. The van der Waals surface area contributed by atoms with Crippen molar-refractivity contribution in [1.82, 2.24) is 29.9 Å². The van der Waals surface area contributed by atoms with Crippen LogP contribution in [-0.2, 0) is 24.9 Å². The van der Waals surface area contributed by atoms with E-state index in [-0.39, 0.29) is 11.8 Å². The second-order valence-electron chi connectivity index (χ2n) is 8.82. The van der Waals surface area contributed by atoms with E-state index < -0.39 is 0 Å². The fourth-order valence-corrected chi connectivity index (χ4v) is 4.90. The number of piperidine rings is 2. The maximum Gasteiger partial charge on any atom is 0.224 e. The average molecular weight is 411 g/mol. The first kappa shape index (κ1) is 21.0. The molecule has 0 aliphatic carbocycles. The van der Waals surface area contributed by atoms with Gasteiger partial charge in [-0.3, -0.25) is 24.3 Å². The molecular weight excluding hydrogens is 376 g/mol.